The number of hydrazone groups is 2. The average Bonchev–Trinajstić information content (AvgIpc) is 3.85. The molecular weight excluding hydrogens is 605 g/mol. The van der Waals surface area contributed by atoms with Crippen LogP contribution in [0.3, 0.4) is 0 Å². The topological polar surface area (TPSA) is 119 Å². The normalized spacial score (nSPS) is 19.5. The van der Waals surface area contributed by atoms with E-state index in [2.05, 4.69) is 62.2 Å². The SMILES string of the molecule is CCN=C(SC)N1CC2(C=N1)CCCC2.CCNC(=S)N1CC2(C=N1)CCCC2.CO.COS(=O)(=O)c1ccc(C)cc1. The van der Waals surface area contributed by atoms with Gasteiger partial charge < -0.3 is 10.4 Å². The van der Waals surface area contributed by atoms with Gasteiger partial charge in [-0.15, -0.1) is 0 Å². The molecule has 2 saturated carbocycles. The van der Waals surface area contributed by atoms with Gasteiger partial charge >= 0.3 is 0 Å². The summed E-state index contributed by atoms with van der Waals surface area (Å²) in [6.45, 7) is 9.76. The molecular formula is C30H50N6O4S3. The van der Waals surface area contributed by atoms with Crippen LogP contribution in [0.2, 0.25) is 0 Å². The van der Waals surface area contributed by atoms with Crippen LogP contribution in [0.25, 0.3) is 0 Å². The predicted molar refractivity (Wildman–Crippen MR) is 183 cm³/mol. The third kappa shape index (κ3) is 10.8. The highest BCUT2D eigenvalue weighted by molar-refractivity contribution is 8.13. The number of thiocarbonyl (C=S) groups is 1. The first kappa shape index (κ1) is 37.1. The maximum absolute atomic E-state index is 11.1. The second kappa shape index (κ2) is 18.0. The first-order valence-electron chi connectivity index (χ1n) is 14.9. The van der Waals surface area contributed by atoms with Crippen molar-refractivity contribution >= 4 is 56.8 Å². The number of rotatable bonds is 4. The molecule has 43 heavy (non-hydrogen) atoms. The monoisotopic (exact) mass is 654 g/mol. The number of thioether (sulfide) groups is 1. The van der Waals surface area contributed by atoms with Crippen LogP contribution in [-0.2, 0) is 14.3 Å². The molecule has 2 N–H and O–H groups in total. The molecule has 2 spiro atoms. The van der Waals surface area contributed by atoms with Crippen molar-refractivity contribution in [2.75, 3.05) is 46.7 Å². The third-order valence-corrected chi connectivity index (χ3v) is 10.2. The van der Waals surface area contributed by atoms with Gasteiger partial charge in [0.25, 0.3) is 10.1 Å². The van der Waals surface area contributed by atoms with E-state index >= 15 is 0 Å². The number of aliphatic imine (C=N–C) groups is 1. The molecule has 0 amide bonds. The van der Waals surface area contributed by atoms with E-state index in [1.165, 1.54) is 63.5 Å². The fourth-order valence-corrected chi connectivity index (χ4v) is 7.05. The Morgan fingerprint density at radius 1 is 1.00 bits per heavy atom. The number of aliphatic hydroxyl groups is 1. The largest absolute Gasteiger partial charge is 0.400 e. The maximum atomic E-state index is 11.1. The van der Waals surface area contributed by atoms with Crippen LogP contribution < -0.4 is 5.32 Å². The standard InChI is InChI=1S/C11H19N3S.C10H17N3S.C8H10O3S.CH4O/c1-3-12-10(15-2)14-9-11(8-13-14)6-4-5-7-11;1-2-11-9(14)13-8-10(7-12-13)5-3-4-6-10;1-7-3-5-8(6-4-7)12(9,10)11-2;1-2/h8H,3-7,9H2,1-2H3;7H,2-6,8H2,1H3,(H,11,14);3-6H,1-2H3;2H,1H3. The molecule has 2 aliphatic heterocycles. The van der Waals surface area contributed by atoms with Crippen LogP contribution in [0.15, 0.2) is 44.4 Å². The lowest BCUT2D eigenvalue weighted by Crippen LogP contribution is -2.38. The second-order valence-electron chi connectivity index (χ2n) is 11.0. The van der Waals surface area contributed by atoms with E-state index < -0.39 is 10.1 Å². The van der Waals surface area contributed by atoms with Crippen molar-refractivity contribution in [2.24, 2.45) is 26.0 Å². The highest BCUT2D eigenvalue weighted by Gasteiger charge is 2.39. The number of aryl methyl sites for hydroxylation is 1. The Balaban J connectivity index is 0.000000220. The van der Waals surface area contributed by atoms with Crippen molar-refractivity contribution in [3.8, 4) is 0 Å². The molecule has 4 aliphatic rings. The molecule has 242 valence electrons. The summed E-state index contributed by atoms with van der Waals surface area (Å²) < 4.78 is 26.5. The minimum atomic E-state index is -3.51. The van der Waals surface area contributed by atoms with Crippen LogP contribution in [-0.4, -0.2) is 92.9 Å². The van der Waals surface area contributed by atoms with Crippen molar-refractivity contribution in [3.05, 3.63) is 29.8 Å². The fourth-order valence-electron chi connectivity index (χ4n) is 5.55. The molecule has 0 aromatic heterocycles. The Morgan fingerprint density at radius 3 is 1.93 bits per heavy atom. The summed E-state index contributed by atoms with van der Waals surface area (Å²) in [4.78, 5) is 4.66. The first-order chi connectivity index (χ1) is 20.6. The summed E-state index contributed by atoms with van der Waals surface area (Å²) >= 11 is 6.93. The van der Waals surface area contributed by atoms with Crippen molar-refractivity contribution in [1.29, 1.82) is 0 Å². The van der Waals surface area contributed by atoms with Crippen LogP contribution in [0.1, 0.15) is 70.8 Å². The van der Waals surface area contributed by atoms with Gasteiger partial charge in [0.2, 0.25) is 0 Å². The summed E-state index contributed by atoms with van der Waals surface area (Å²) in [5.41, 5.74) is 1.74. The predicted octanol–water partition coefficient (Wildman–Crippen LogP) is 5.27. The van der Waals surface area contributed by atoms with Gasteiger partial charge in [0.15, 0.2) is 10.3 Å². The van der Waals surface area contributed by atoms with Gasteiger partial charge in [-0.2, -0.15) is 18.6 Å². The molecule has 2 aliphatic carbocycles. The molecule has 10 nitrogen and oxygen atoms in total. The van der Waals surface area contributed by atoms with E-state index in [4.69, 9.17) is 17.3 Å². The zero-order chi connectivity index (χ0) is 31.9. The van der Waals surface area contributed by atoms with E-state index in [1.54, 1.807) is 23.9 Å². The number of hydrogen-bond donors (Lipinski definition) is 2. The molecule has 0 unspecified atom stereocenters. The molecule has 0 saturated heterocycles. The Labute approximate surface area is 268 Å². The summed E-state index contributed by atoms with van der Waals surface area (Å²) in [5, 5.41) is 24.9. The van der Waals surface area contributed by atoms with Gasteiger partial charge in [0.1, 0.15) is 0 Å². The van der Waals surface area contributed by atoms with Gasteiger partial charge in [-0.1, -0.05) is 55.1 Å². The molecule has 2 fully saturated rings. The van der Waals surface area contributed by atoms with Gasteiger partial charge in [-0.3, -0.25) is 9.18 Å². The van der Waals surface area contributed by atoms with Crippen LogP contribution >= 0.6 is 24.0 Å². The zero-order valence-corrected chi connectivity index (χ0v) is 29.0. The number of hydrogen-bond acceptors (Lipinski definition) is 9. The summed E-state index contributed by atoms with van der Waals surface area (Å²) in [7, 11) is -1.37. The molecule has 1 aromatic carbocycles. The lowest BCUT2D eigenvalue weighted by Gasteiger charge is -2.22. The molecule has 0 atom stereocenters. The average molecular weight is 655 g/mol. The Kier molecular flexibility index (Phi) is 15.6. The smallest absolute Gasteiger partial charge is 0.296 e. The minimum Gasteiger partial charge on any atom is -0.400 e. The lowest BCUT2D eigenvalue weighted by molar-refractivity contribution is 0.344. The van der Waals surface area contributed by atoms with E-state index in [-0.39, 0.29) is 4.90 Å². The molecule has 5 rings (SSSR count). The Hall–Kier alpha value is -2.06. The van der Waals surface area contributed by atoms with Gasteiger partial charge in [-0.05, 0) is 77.1 Å². The third-order valence-electron chi connectivity index (χ3n) is 7.86. The molecule has 13 heteroatoms. The van der Waals surface area contributed by atoms with E-state index in [0.29, 0.717) is 10.8 Å². The molecule has 1 aromatic rings. The van der Waals surface area contributed by atoms with Crippen molar-refractivity contribution in [3.63, 3.8) is 0 Å². The second-order valence-corrected chi connectivity index (χ2v) is 13.8. The lowest BCUT2D eigenvalue weighted by atomic mass is 9.89. The maximum Gasteiger partial charge on any atom is 0.296 e. The minimum absolute atomic E-state index is 0.190. The van der Waals surface area contributed by atoms with Crippen LogP contribution in [0.4, 0.5) is 0 Å². The summed E-state index contributed by atoms with van der Waals surface area (Å²) in [6.07, 6.45) is 16.9. The number of benzene rings is 1. The van der Waals surface area contributed by atoms with Crippen LogP contribution in [0, 0.1) is 17.8 Å². The Bertz CT molecular complexity index is 1190. The highest BCUT2D eigenvalue weighted by atomic mass is 32.2. The van der Waals surface area contributed by atoms with Crippen molar-refractivity contribution in [2.45, 2.75) is 77.0 Å². The quantitative estimate of drug-likeness (QED) is 0.194. The number of nitrogens with one attached hydrogen (secondary N) is 1. The summed E-state index contributed by atoms with van der Waals surface area (Å²) in [5.74, 6) is 0. The molecule has 0 bridgehead atoms. The van der Waals surface area contributed by atoms with E-state index in [9.17, 15) is 8.42 Å². The molecule has 2 heterocycles. The van der Waals surface area contributed by atoms with Crippen LogP contribution in [0.5, 0.6) is 0 Å². The van der Waals surface area contributed by atoms with E-state index in [1.807, 2.05) is 11.9 Å². The Morgan fingerprint density at radius 2 is 1.49 bits per heavy atom. The van der Waals surface area contributed by atoms with E-state index in [0.717, 1.165) is 56.2 Å². The first-order valence-corrected chi connectivity index (χ1v) is 18.0. The zero-order valence-electron chi connectivity index (χ0n) is 26.6. The van der Waals surface area contributed by atoms with Gasteiger partial charge in [-0.25, -0.2) is 10.0 Å². The van der Waals surface area contributed by atoms with Crippen molar-refractivity contribution < 1.29 is 17.7 Å². The number of aliphatic hydroxyl groups excluding tert-OH is 1. The number of amidine groups is 1. The van der Waals surface area contributed by atoms with Crippen molar-refractivity contribution in [1.82, 2.24) is 15.3 Å². The number of nitrogens with zero attached hydrogens (tertiary/aromatic N) is 5. The fraction of sp³-hybridized carbons (Fsp3) is 0.667. The summed E-state index contributed by atoms with van der Waals surface area (Å²) in [6, 6.07) is 6.50. The van der Waals surface area contributed by atoms with Gasteiger partial charge in [0, 0.05) is 43.5 Å². The molecule has 0 radical (unpaired) electrons. The van der Waals surface area contributed by atoms with Gasteiger partial charge in [0.05, 0.1) is 25.1 Å². The highest BCUT2D eigenvalue weighted by Crippen LogP contribution is 2.41.